The number of rotatable bonds is 2. The molecule has 0 amide bonds. The maximum absolute atomic E-state index is 13.8. The Labute approximate surface area is 264 Å². The van der Waals surface area contributed by atoms with E-state index in [1.165, 1.54) is 12.1 Å². The molecule has 0 aliphatic carbocycles. The summed E-state index contributed by atoms with van der Waals surface area (Å²) in [6.07, 6.45) is 0. The first-order valence-corrected chi connectivity index (χ1v) is 11.4. The molecule has 0 atom stereocenters. The molecule has 0 aromatic heterocycles. The van der Waals surface area contributed by atoms with E-state index < -0.39 is 69.3 Å². The van der Waals surface area contributed by atoms with Crippen LogP contribution in [0.1, 0.15) is 0 Å². The molecule has 0 saturated heterocycles. The molecule has 43 heavy (non-hydrogen) atoms. The van der Waals surface area contributed by atoms with E-state index in [1.807, 2.05) is 0 Å². The monoisotopic (exact) mass is 682 g/mol. The first-order valence-electron chi connectivity index (χ1n) is 11.4. The standard InChI is InChI=1S/2C15H6F5.2ClH.Ti/c2*16-11-10(12(17)14(19)15(20)13(11)18)9-6-5-7-3-1-2-4-8(7)9;;;/h2*1-6H;2*1H;/q2*-1;;;+2. The van der Waals surface area contributed by atoms with Crippen LogP contribution in [0, 0.1) is 58.2 Å². The van der Waals surface area contributed by atoms with Crippen LogP contribution in [0.25, 0.3) is 43.8 Å². The zero-order chi connectivity index (χ0) is 28.9. The fraction of sp³-hybridized carbons (Fsp3) is 0. The van der Waals surface area contributed by atoms with Crippen molar-refractivity contribution >= 4 is 46.4 Å². The molecule has 6 aromatic rings. The molecule has 0 unspecified atom stereocenters. The summed E-state index contributed by atoms with van der Waals surface area (Å²) >= 11 is 0. The summed E-state index contributed by atoms with van der Waals surface area (Å²) in [5.74, 6) is -19.4. The van der Waals surface area contributed by atoms with E-state index >= 15 is 0 Å². The van der Waals surface area contributed by atoms with Gasteiger partial charge in [-0.25, -0.2) is 43.9 Å². The summed E-state index contributed by atoms with van der Waals surface area (Å²) in [5.41, 5.74) is -1.84. The molecule has 0 nitrogen and oxygen atoms in total. The Bertz CT molecular complexity index is 1730. The van der Waals surface area contributed by atoms with Crippen molar-refractivity contribution in [3.8, 4) is 22.3 Å². The molecule has 0 radical (unpaired) electrons. The molecule has 0 saturated carbocycles. The molecule has 0 spiro atoms. The van der Waals surface area contributed by atoms with Crippen LogP contribution in [0.15, 0.2) is 72.8 Å². The second-order valence-electron chi connectivity index (χ2n) is 8.56. The molecule has 0 fully saturated rings. The number of hydrogen-bond donors (Lipinski definition) is 0. The quantitative estimate of drug-likeness (QED) is 0.0561. The van der Waals surface area contributed by atoms with E-state index in [1.54, 1.807) is 60.7 Å². The second kappa shape index (κ2) is 14.0. The average molecular weight is 683 g/mol. The van der Waals surface area contributed by atoms with E-state index in [0.29, 0.717) is 21.5 Å². The molecule has 0 bridgehead atoms. The van der Waals surface area contributed by atoms with Crippen LogP contribution in [0.4, 0.5) is 43.9 Å². The zero-order valence-electron chi connectivity index (χ0n) is 21.0. The van der Waals surface area contributed by atoms with Crippen LogP contribution in [0.2, 0.25) is 0 Å². The smallest absolute Gasteiger partial charge is 0.242 e. The van der Waals surface area contributed by atoms with Gasteiger partial charge in [0.2, 0.25) is 0 Å². The van der Waals surface area contributed by atoms with E-state index in [9.17, 15) is 43.9 Å². The number of hydrogen-bond acceptors (Lipinski definition) is 0. The summed E-state index contributed by atoms with van der Waals surface area (Å²) in [6.45, 7) is 0. The number of halogens is 12. The van der Waals surface area contributed by atoms with Crippen molar-refractivity contribution in [2.45, 2.75) is 0 Å². The molecule has 0 aliphatic rings. The van der Waals surface area contributed by atoms with Crippen LogP contribution in [0.5, 0.6) is 0 Å². The van der Waals surface area contributed by atoms with Crippen molar-refractivity contribution in [2.24, 2.45) is 0 Å². The van der Waals surface area contributed by atoms with Crippen molar-refractivity contribution in [2.75, 3.05) is 0 Å². The molecular formula is C30H14Cl2F10Ti. The predicted molar refractivity (Wildman–Crippen MR) is 144 cm³/mol. The van der Waals surface area contributed by atoms with Crippen molar-refractivity contribution in [3.05, 3.63) is 131 Å². The maximum Gasteiger partial charge on any atom is 2.00 e. The van der Waals surface area contributed by atoms with Gasteiger partial charge in [0.15, 0.2) is 34.9 Å². The minimum Gasteiger partial charge on any atom is -0.242 e. The van der Waals surface area contributed by atoms with Crippen LogP contribution < -0.4 is 0 Å². The van der Waals surface area contributed by atoms with Gasteiger partial charge in [0.05, 0.1) is 0 Å². The van der Waals surface area contributed by atoms with Crippen LogP contribution >= 0.6 is 24.8 Å². The van der Waals surface area contributed by atoms with Gasteiger partial charge in [-0.15, -0.1) is 61.2 Å². The van der Waals surface area contributed by atoms with E-state index in [4.69, 9.17) is 0 Å². The molecule has 0 heterocycles. The summed E-state index contributed by atoms with van der Waals surface area (Å²) in [4.78, 5) is 0. The topological polar surface area (TPSA) is 0 Å². The Balaban J connectivity index is 0.000000281. The van der Waals surface area contributed by atoms with Crippen molar-refractivity contribution in [1.29, 1.82) is 0 Å². The summed E-state index contributed by atoms with van der Waals surface area (Å²) < 4.78 is 134. The molecule has 13 heteroatoms. The molecule has 0 N–H and O–H groups in total. The predicted octanol–water partition coefficient (Wildman–Crippen LogP) is 10.7. The first-order chi connectivity index (χ1) is 19.0. The average Bonchev–Trinajstić information content (AvgIpc) is 3.58. The normalized spacial score (nSPS) is 10.5. The van der Waals surface area contributed by atoms with Gasteiger partial charge in [0.25, 0.3) is 0 Å². The van der Waals surface area contributed by atoms with Gasteiger partial charge in [-0.2, -0.15) is 0 Å². The first kappa shape index (κ1) is 35.9. The Morgan fingerprint density at radius 1 is 0.349 bits per heavy atom. The summed E-state index contributed by atoms with van der Waals surface area (Å²) in [6, 6.07) is 18.9. The molecule has 6 aromatic carbocycles. The van der Waals surface area contributed by atoms with Gasteiger partial charge >= 0.3 is 21.7 Å². The van der Waals surface area contributed by atoms with Gasteiger partial charge in [0, 0.05) is 0 Å². The van der Waals surface area contributed by atoms with Gasteiger partial charge in [-0.1, -0.05) is 69.1 Å². The number of benzene rings is 4. The summed E-state index contributed by atoms with van der Waals surface area (Å²) in [5, 5.41) is 2.17. The third-order valence-corrected chi connectivity index (χ3v) is 6.32. The molecule has 222 valence electrons. The van der Waals surface area contributed by atoms with Crippen molar-refractivity contribution < 1.29 is 65.6 Å². The van der Waals surface area contributed by atoms with E-state index in [2.05, 4.69) is 0 Å². The fourth-order valence-electron chi connectivity index (χ4n) is 4.42. The van der Waals surface area contributed by atoms with Crippen LogP contribution in [0.3, 0.4) is 0 Å². The number of fused-ring (bicyclic) bond motifs is 2. The SMILES string of the molecule is Cl.Cl.Fc1c(F)c(F)c(-[c-]2ccc3ccccc32)c(F)c1F.Fc1c(F)c(F)c(-[c-]2ccc3ccccc32)c(F)c1F.[Ti+2]. The van der Waals surface area contributed by atoms with Crippen LogP contribution in [-0.2, 0) is 21.7 Å². The van der Waals surface area contributed by atoms with Gasteiger partial charge in [-0.3, -0.25) is 0 Å². The van der Waals surface area contributed by atoms with Crippen molar-refractivity contribution in [1.82, 2.24) is 0 Å². The van der Waals surface area contributed by atoms with Crippen LogP contribution in [-0.4, -0.2) is 0 Å². The minimum atomic E-state index is -2.15. The Morgan fingerprint density at radius 2 is 0.605 bits per heavy atom. The Hall–Kier alpha value is -3.31. The zero-order valence-corrected chi connectivity index (χ0v) is 24.2. The second-order valence-corrected chi connectivity index (χ2v) is 8.56. The van der Waals surface area contributed by atoms with Gasteiger partial charge < -0.3 is 0 Å². The maximum atomic E-state index is 13.8. The molecule has 6 rings (SSSR count). The molecular weight excluding hydrogens is 669 g/mol. The fourth-order valence-corrected chi connectivity index (χ4v) is 4.42. The Kier molecular flexibility index (Phi) is 11.7. The van der Waals surface area contributed by atoms with Gasteiger partial charge in [-0.05, 0) is 11.1 Å². The molecule has 0 aliphatic heterocycles. The summed E-state index contributed by atoms with van der Waals surface area (Å²) in [7, 11) is 0. The Morgan fingerprint density at radius 3 is 0.907 bits per heavy atom. The largest absolute Gasteiger partial charge is 2.00 e. The van der Waals surface area contributed by atoms with Crippen molar-refractivity contribution in [3.63, 3.8) is 0 Å². The van der Waals surface area contributed by atoms with Gasteiger partial charge in [0.1, 0.15) is 23.3 Å². The van der Waals surface area contributed by atoms with E-state index in [-0.39, 0.29) is 57.7 Å². The third kappa shape index (κ3) is 6.06. The minimum absolute atomic E-state index is 0. The van der Waals surface area contributed by atoms with E-state index in [0.717, 1.165) is 0 Å². The third-order valence-electron chi connectivity index (χ3n) is 6.32.